The Morgan fingerprint density at radius 3 is 2.50 bits per heavy atom. The average Bonchev–Trinajstić information content (AvgIpc) is 2.26. The van der Waals surface area contributed by atoms with Gasteiger partial charge in [-0.05, 0) is 18.8 Å². The molecule has 1 aliphatic heterocycles. The lowest BCUT2D eigenvalue weighted by atomic mass is 10.0. The third-order valence-corrected chi connectivity index (χ3v) is 1.89. The standard InChI is InChI=1S/C8H14N2O2/c1-5(2)3-4-6-7(11)10-8(12)9-6/h5-6H,3-4H2,1-2H3,(H2,9,10,11,12)/t6-/m1/s1. The molecule has 0 aliphatic carbocycles. The number of hydrogen-bond acceptors (Lipinski definition) is 2. The molecule has 2 N–H and O–H groups in total. The second kappa shape index (κ2) is 3.56. The van der Waals surface area contributed by atoms with Crippen LogP contribution in [0.4, 0.5) is 4.79 Å². The van der Waals surface area contributed by atoms with Gasteiger partial charge in [0, 0.05) is 0 Å². The van der Waals surface area contributed by atoms with Crippen LogP contribution < -0.4 is 10.6 Å². The van der Waals surface area contributed by atoms with Crippen LogP contribution in [-0.4, -0.2) is 18.0 Å². The average molecular weight is 170 g/mol. The molecule has 1 heterocycles. The molecule has 4 heteroatoms. The maximum atomic E-state index is 11.0. The minimum absolute atomic E-state index is 0.194. The lowest BCUT2D eigenvalue weighted by molar-refractivity contribution is -0.120. The third kappa shape index (κ3) is 2.22. The van der Waals surface area contributed by atoms with Gasteiger partial charge in [-0.15, -0.1) is 0 Å². The quantitative estimate of drug-likeness (QED) is 0.610. The summed E-state index contributed by atoms with van der Waals surface area (Å²) >= 11 is 0. The van der Waals surface area contributed by atoms with Gasteiger partial charge in [-0.3, -0.25) is 10.1 Å². The number of imide groups is 1. The summed E-state index contributed by atoms with van der Waals surface area (Å²) in [5, 5.41) is 4.76. The predicted octanol–water partition coefficient (Wildman–Crippen LogP) is 0.631. The minimum Gasteiger partial charge on any atom is -0.326 e. The van der Waals surface area contributed by atoms with Gasteiger partial charge >= 0.3 is 6.03 Å². The van der Waals surface area contributed by atoms with Crippen LogP contribution in [0, 0.1) is 5.92 Å². The van der Waals surface area contributed by atoms with Gasteiger partial charge in [0.25, 0.3) is 5.91 Å². The molecule has 4 nitrogen and oxygen atoms in total. The molecule has 1 aliphatic rings. The molecule has 0 aromatic carbocycles. The van der Waals surface area contributed by atoms with E-state index in [0.29, 0.717) is 5.92 Å². The summed E-state index contributed by atoms with van der Waals surface area (Å²) in [5.74, 6) is 0.371. The topological polar surface area (TPSA) is 58.2 Å². The van der Waals surface area contributed by atoms with E-state index in [-0.39, 0.29) is 18.0 Å². The van der Waals surface area contributed by atoms with Crippen LogP contribution >= 0.6 is 0 Å². The molecule has 68 valence electrons. The van der Waals surface area contributed by atoms with E-state index in [2.05, 4.69) is 24.5 Å². The van der Waals surface area contributed by atoms with Crippen LogP contribution in [0.2, 0.25) is 0 Å². The van der Waals surface area contributed by atoms with E-state index in [1.807, 2.05) is 0 Å². The van der Waals surface area contributed by atoms with E-state index >= 15 is 0 Å². The van der Waals surface area contributed by atoms with Crippen molar-refractivity contribution in [2.24, 2.45) is 5.92 Å². The molecule has 12 heavy (non-hydrogen) atoms. The normalized spacial score (nSPS) is 22.8. The van der Waals surface area contributed by atoms with Crippen LogP contribution in [0.1, 0.15) is 26.7 Å². The van der Waals surface area contributed by atoms with E-state index in [1.165, 1.54) is 0 Å². The lowest BCUT2D eigenvalue weighted by Gasteiger charge is -2.08. The smallest absolute Gasteiger partial charge is 0.322 e. The zero-order chi connectivity index (χ0) is 9.14. The van der Waals surface area contributed by atoms with Crippen molar-refractivity contribution in [2.75, 3.05) is 0 Å². The second-order valence-corrected chi connectivity index (χ2v) is 3.49. The Morgan fingerprint density at radius 2 is 2.08 bits per heavy atom. The molecule has 1 atom stereocenters. The van der Waals surface area contributed by atoms with Gasteiger partial charge in [0.1, 0.15) is 6.04 Å². The Balaban J connectivity index is 2.33. The molecule has 1 rings (SSSR count). The molecule has 0 bridgehead atoms. The zero-order valence-electron chi connectivity index (χ0n) is 7.39. The van der Waals surface area contributed by atoms with E-state index in [9.17, 15) is 9.59 Å². The summed E-state index contributed by atoms with van der Waals surface area (Å²) in [5.41, 5.74) is 0. The molecule has 0 spiro atoms. The van der Waals surface area contributed by atoms with Crippen LogP contribution in [0.15, 0.2) is 0 Å². The van der Waals surface area contributed by atoms with E-state index < -0.39 is 0 Å². The van der Waals surface area contributed by atoms with Gasteiger partial charge in [0.2, 0.25) is 0 Å². The predicted molar refractivity (Wildman–Crippen MR) is 44.5 cm³/mol. The van der Waals surface area contributed by atoms with E-state index in [4.69, 9.17) is 0 Å². The van der Waals surface area contributed by atoms with Gasteiger partial charge in [-0.2, -0.15) is 0 Å². The molecule has 0 saturated carbocycles. The number of urea groups is 1. The first-order valence-corrected chi connectivity index (χ1v) is 4.21. The highest BCUT2D eigenvalue weighted by molar-refractivity contribution is 6.04. The van der Waals surface area contributed by atoms with Gasteiger partial charge in [-0.1, -0.05) is 13.8 Å². The molecular weight excluding hydrogens is 156 g/mol. The minimum atomic E-state index is -0.367. The van der Waals surface area contributed by atoms with Crippen molar-refractivity contribution in [3.63, 3.8) is 0 Å². The lowest BCUT2D eigenvalue weighted by Crippen LogP contribution is -2.28. The Kier molecular flexibility index (Phi) is 2.68. The second-order valence-electron chi connectivity index (χ2n) is 3.49. The fourth-order valence-electron chi connectivity index (χ4n) is 1.16. The van der Waals surface area contributed by atoms with Crippen LogP contribution in [-0.2, 0) is 4.79 Å². The summed E-state index contributed by atoms with van der Waals surface area (Å²) in [7, 11) is 0. The van der Waals surface area contributed by atoms with Crippen molar-refractivity contribution in [2.45, 2.75) is 32.7 Å². The number of carbonyl (C=O) groups is 2. The Hall–Kier alpha value is -1.06. The molecule has 3 amide bonds. The zero-order valence-corrected chi connectivity index (χ0v) is 7.39. The highest BCUT2D eigenvalue weighted by Crippen LogP contribution is 2.08. The molecular formula is C8H14N2O2. The molecule has 0 aromatic rings. The largest absolute Gasteiger partial charge is 0.326 e. The Labute approximate surface area is 71.7 Å². The Bertz CT molecular complexity index is 201. The number of rotatable bonds is 3. The highest BCUT2D eigenvalue weighted by atomic mass is 16.2. The summed E-state index contributed by atoms with van der Waals surface area (Å²) in [6, 6.07) is -0.673. The number of hydrogen-bond donors (Lipinski definition) is 2. The molecule has 1 fully saturated rings. The summed E-state index contributed by atoms with van der Waals surface area (Å²) < 4.78 is 0. The van der Waals surface area contributed by atoms with Crippen molar-refractivity contribution < 1.29 is 9.59 Å². The molecule has 0 radical (unpaired) electrons. The Morgan fingerprint density at radius 1 is 1.42 bits per heavy atom. The first kappa shape index (κ1) is 9.03. The van der Waals surface area contributed by atoms with Crippen molar-refractivity contribution in [3.05, 3.63) is 0 Å². The summed E-state index contributed by atoms with van der Waals surface area (Å²) in [6.07, 6.45) is 1.69. The molecule has 1 saturated heterocycles. The maximum Gasteiger partial charge on any atom is 0.322 e. The van der Waals surface area contributed by atoms with Crippen LogP contribution in [0.3, 0.4) is 0 Å². The van der Waals surface area contributed by atoms with Gasteiger partial charge < -0.3 is 5.32 Å². The maximum absolute atomic E-state index is 11.0. The van der Waals surface area contributed by atoms with Crippen molar-refractivity contribution >= 4 is 11.9 Å². The summed E-state index contributed by atoms with van der Waals surface area (Å²) in [4.78, 5) is 21.7. The van der Waals surface area contributed by atoms with E-state index in [0.717, 1.165) is 12.8 Å². The van der Waals surface area contributed by atoms with Crippen LogP contribution in [0.25, 0.3) is 0 Å². The van der Waals surface area contributed by atoms with Crippen molar-refractivity contribution in [1.82, 2.24) is 10.6 Å². The van der Waals surface area contributed by atoms with E-state index in [1.54, 1.807) is 0 Å². The SMILES string of the molecule is CC(C)CC[C@H]1NC(=O)NC1=O. The monoisotopic (exact) mass is 170 g/mol. The first-order chi connectivity index (χ1) is 5.59. The molecule has 0 unspecified atom stereocenters. The van der Waals surface area contributed by atoms with Crippen molar-refractivity contribution in [3.8, 4) is 0 Å². The number of amides is 3. The van der Waals surface area contributed by atoms with Crippen molar-refractivity contribution in [1.29, 1.82) is 0 Å². The highest BCUT2D eigenvalue weighted by Gasteiger charge is 2.28. The first-order valence-electron chi connectivity index (χ1n) is 4.21. The van der Waals surface area contributed by atoms with Crippen LogP contribution in [0.5, 0.6) is 0 Å². The van der Waals surface area contributed by atoms with Gasteiger partial charge in [-0.25, -0.2) is 4.79 Å². The number of carbonyl (C=O) groups excluding carboxylic acids is 2. The molecule has 0 aromatic heterocycles. The van der Waals surface area contributed by atoms with Gasteiger partial charge in [0.05, 0.1) is 0 Å². The van der Waals surface area contributed by atoms with Gasteiger partial charge in [0.15, 0.2) is 0 Å². The summed E-state index contributed by atoms with van der Waals surface area (Å²) in [6.45, 7) is 4.18. The number of nitrogens with one attached hydrogen (secondary N) is 2. The fraction of sp³-hybridized carbons (Fsp3) is 0.750. The third-order valence-electron chi connectivity index (χ3n) is 1.89. The fourth-order valence-corrected chi connectivity index (χ4v) is 1.16.